The van der Waals surface area contributed by atoms with Gasteiger partial charge in [-0.2, -0.15) is 13.2 Å². The van der Waals surface area contributed by atoms with Crippen molar-refractivity contribution in [3.8, 4) is 17.2 Å². The van der Waals surface area contributed by atoms with Gasteiger partial charge in [0.15, 0.2) is 6.10 Å². The van der Waals surface area contributed by atoms with Crippen molar-refractivity contribution in [2.75, 3.05) is 13.7 Å². The summed E-state index contributed by atoms with van der Waals surface area (Å²) in [5.74, 6) is 1.50. The van der Waals surface area contributed by atoms with E-state index in [0.717, 1.165) is 12.1 Å². The van der Waals surface area contributed by atoms with Crippen LogP contribution in [0.4, 0.5) is 13.2 Å². The minimum absolute atomic E-state index is 0.110. The Hall–Kier alpha value is -2.38. The highest BCUT2D eigenvalue weighted by Crippen LogP contribution is 2.36. The summed E-state index contributed by atoms with van der Waals surface area (Å²) in [5.41, 5.74) is -0.845. The van der Waals surface area contributed by atoms with Crippen molar-refractivity contribution in [3.63, 3.8) is 0 Å². The smallest absolute Gasteiger partial charge is 0.416 e. The maximum absolute atomic E-state index is 12.7. The van der Waals surface area contributed by atoms with E-state index in [1.807, 2.05) is 0 Å². The Morgan fingerprint density at radius 2 is 1.78 bits per heavy atom. The third kappa shape index (κ3) is 5.80. The molecule has 0 saturated carbocycles. The average Bonchev–Trinajstić information content (AvgIpc) is 2.62. The molecule has 0 aliphatic rings. The summed E-state index contributed by atoms with van der Waals surface area (Å²) >= 11 is 5.88. The number of aliphatic hydroxyl groups excluding tert-OH is 1. The van der Waals surface area contributed by atoms with Crippen LogP contribution >= 0.6 is 11.6 Å². The van der Waals surface area contributed by atoms with E-state index in [1.165, 1.54) is 19.3 Å². The number of hydrogen-bond donors (Lipinski definition) is 1. The highest BCUT2D eigenvalue weighted by Gasteiger charge is 2.31. The first-order chi connectivity index (χ1) is 12.7. The molecular weight excluding hydrogens is 385 g/mol. The lowest BCUT2D eigenvalue weighted by Crippen LogP contribution is -2.16. The topological polar surface area (TPSA) is 47.9 Å². The molecule has 0 amide bonds. The lowest BCUT2D eigenvalue weighted by Gasteiger charge is -2.17. The second-order valence-electron chi connectivity index (χ2n) is 5.47. The van der Waals surface area contributed by atoms with Crippen molar-refractivity contribution in [3.05, 3.63) is 64.9 Å². The van der Waals surface area contributed by atoms with Crippen LogP contribution in [0.5, 0.6) is 17.2 Å². The van der Waals surface area contributed by atoms with Crippen LogP contribution in [-0.4, -0.2) is 24.9 Å². The minimum atomic E-state index is -4.47. The molecule has 0 aromatic heterocycles. The van der Waals surface area contributed by atoms with E-state index >= 15 is 0 Å². The highest BCUT2D eigenvalue weighted by molar-refractivity contribution is 6.32. The Balaban J connectivity index is 2.07. The Morgan fingerprint density at radius 1 is 1.15 bits per heavy atom. The fourth-order valence-corrected chi connectivity index (χ4v) is 2.46. The van der Waals surface area contributed by atoms with Gasteiger partial charge in [0.1, 0.15) is 23.0 Å². The molecule has 0 radical (unpaired) electrons. The number of alkyl halides is 3. The zero-order valence-electron chi connectivity index (χ0n) is 14.6. The molecule has 0 fully saturated rings. The van der Waals surface area contributed by atoms with E-state index in [0.29, 0.717) is 17.3 Å². The van der Waals surface area contributed by atoms with Crippen LogP contribution < -0.4 is 9.47 Å². The molecule has 2 aromatic rings. The number of ether oxygens (including phenoxy) is 3. The first kappa shape index (κ1) is 20.9. The molecular formula is C19H18ClF3O4. The number of hydrogen-bond acceptors (Lipinski definition) is 4. The van der Waals surface area contributed by atoms with Gasteiger partial charge in [0.05, 0.1) is 24.3 Å². The predicted molar refractivity (Wildman–Crippen MR) is 95.2 cm³/mol. The number of methoxy groups -OCH3 is 1. The van der Waals surface area contributed by atoms with Crippen molar-refractivity contribution >= 4 is 11.6 Å². The monoisotopic (exact) mass is 402 g/mol. The zero-order chi connectivity index (χ0) is 20.0. The molecule has 146 valence electrons. The van der Waals surface area contributed by atoms with Crippen molar-refractivity contribution in [1.29, 1.82) is 0 Å². The lowest BCUT2D eigenvalue weighted by molar-refractivity contribution is -0.137. The van der Waals surface area contributed by atoms with Gasteiger partial charge in [-0.05, 0) is 55.5 Å². The molecule has 0 aliphatic carbocycles. The maximum atomic E-state index is 12.7. The second kappa shape index (κ2) is 9.01. The van der Waals surface area contributed by atoms with Gasteiger partial charge < -0.3 is 19.3 Å². The fraction of sp³-hybridized carbons (Fsp3) is 0.263. The molecule has 0 heterocycles. The lowest BCUT2D eigenvalue weighted by atomic mass is 10.2. The highest BCUT2D eigenvalue weighted by atomic mass is 35.5. The average molecular weight is 403 g/mol. The molecule has 0 spiro atoms. The summed E-state index contributed by atoms with van der Waals surface area (Å²) in [6.07, 6.45) is -3.39. The summed E-state index contributed by atoms with van der Waals surface area (Å²) in [6, 6.07) is 9.35. The molecule has 2 aromatic carbocycles. The summed E-state index contributed by atoms with van der Waals surface area (Å²) < 4.78 is 54.3. The third-order valence-corrected chi connectivity index (χ3v) is 3.85. The van der Waals surface area contributed by atoms with Crippen molar-refractivity contribution in [2.45, 2.75) is 19.2 Å². The summed E-state index contributed by atoms with van der Waals surface area (Å²) in [4.78, 5) is 0. The zero-order valence-corrected chi connectivity index (χ0v) is 15.3. The van der Waals surface area contributed by atoms with Crippen LogP contribution in [0.2, 0.25) is 5.02 Å². The Labute approximate surface area is 159 Å². The Bertz CT molecular complexity index is 789. The van der Waals surface area contributed by atoms with Crippen LogP contribution in [0.15, 0.2) is 54.3 Å². The third-order valence-electron chi connectivity index (χ3n) is 3.55. The molecule has 8 heteroatoms. The number of aliphatic hydroxyl groups is 1. The van der Waals surface area contributed by atoms with Gasteiger partial charge in [-0.3, -0.25) is 0 Å². The van der Waals surface area contributed by atoms with E-state index in [2.05, 4.69) is 0 Å². The second-order valence-corrected chi connectivity index (χ2v) is 5.88. The van der Waals surface area contributed by atoms with Gasteiger partial charge in [0.2, 0.25) is 0 Å². The van der Waals surface area contributed by atoms with Gasteiger partial charge >= 0.3 is 6.18 Å². The SMILES string of the molecule is CO/C(=C\CO)C(C)Oc1ccc(Oc2ccc(C(F)(F)F)cc2Cl)cc1. The molecule has 0 saturated heterocycles. The quantitative estimate of drug-likeness (QED) is 0.626. The first-order valence-corrected chi connectivity index (χ1v) is 8.28. The van der Waals surface area contributed by atoms with Crippen LogP contribution in [0.1, 0.15) is 12.5 Å². The standard InChI is InChI=1S/C19H18ClF3O4/c1-12(17(25-2)9-10-24)26-14-4-6-15(7-5-14)27-18-8-3-13(11-16(18)20)19(21,22)23/h3-9,11-12,24H,10H2,1-2H3/b17-9-. The van der Waals surface area contributed by atoms with Crippen molar-refractivity contribution in [1.82, 2.24) is 0 Å². The van der Waals surface area contributed by atoms with Gasteiger partial charge in [-0.25, -0.2) is 0 Å². The van der Waals surface area contributed by atoms with Gasteiger partial charge in [0.25, 0.3) is 0 Å². The van der Waals surface area contributed by atoms with Crippen LogP contribution in [-0.2, 0) is 10.9 Å². The maximum Gasteiger partial charge on any atom is 0.416 e. The van der Waals surface area contributed by atoms with Gasteiger partial charge in [-0.1, -0.05) is 11.6 Å². The molecule has 1 unspecified atom stereocenters. The Kier molecular flexibility index (Phi) is 6.98. The summed E-state index contributed by atoms with van der Waals surface area (Å²) in [7, 11) is 1.48. The summed E-state index contributed by atoms with van der Waals surface area (Å²) in [6.45, 7) is 1.59. The van der Waals surface area contributed by atoms with Crippen LogP contribution in [0.3, 0.4) is 0 Å². The van der Waals surface area contributed by atoms with E-state index in [4.69, 9.17) is 30.9 Å². The molecule has 0 bridgehead atoms. The predicted octanol–water partition coefficient (Wildman–Crippen LogP) is 5.44. The molecule has 4 nitrogen and oxygen atoms in total. The minimum Gasteiger partial charge on any atom is -0.497 e. The first-order valence-electron chi connectivity index (χ1n) is 7.90. The van der Waals surface area contributed by atoms with Crippen molar-refractivity contribution in [2.24, 2.45) is 0 Å². The van der Waals surface area contributed by atoms with E-state index < -0.39 is 17.8 Å². The molecule has 1 N–H and O–H groups in total. The van der Waals surface area contributed by atoms with Gasteiger partial charge in [-0.15, -0.1) is 0 Å². The molecule has 0 aliphatic heterocycles. The largest absolute Gasteiger partial charge is 0.497 e. The van der Waals surface area contributed by atoms with E-state index in [1.54, 1.807) is 31.2 Å². The van der Waals surface area contributed by atoms with Crippen LogP contribution in [0, 0.1) is 0 Å². The number of halogens is 4. The van der Waals surface area contributed by atoms with E-state index in [-0.39, 0.29) is 17.4 Å². The fourth-order valence-electron chi connectivity index (χ4n) is 2.24. The van der Waals surface area contributed by atoms with E-state index in [9.17, 15) is 13.2 Å². The molecule has 1 atom stereocenters. The van der Waals surface area contributed by atoms with Crippen molar-refractivity contribution < 1.29 is 32.5 Å². The summed E-state index contributed by atoms with van der Waals surface area (Å²) in [5, 5.41) is 8.80. The van der Waals surface area contributed by atoms with Gasteiger partial charge in [0, 0.05) is 0 Å². The number of benzene rings is 2. The normalized spacial score (nSPS) is 13.2. The molecule has 2 rings (SSSR count). The number of rotatable bonds is 7. The molecule has 27 heavy (non-hydrogen) atoms. The van der Waals surface area contributed by atoms with Crippen LogP contribution in [0.25, 0.3) is 0 Å². The Morgan fingerprint density at radius 3 is 2.30 bits per heavy atom.